The number of nitriles is 1. The predicted octanol–water partition coefficient (Wildman–Crippen LogP) is 1.66. The number of halogens is 1. The summed E-state index contributed by atoms with van der Waals surface area (Å²) in [4.78, 5) is 13.8. The Morgan fingerprint density at radius 3 is 3.05 bits per heavy atom. The van der Waals surface area contributed by atoms with Gasteiger partial charge in [0.2, 0.25) is 5.91 Å². The Bertz CT molecular complexity index is 532. The van der Waals surface area contributed by atoms with Crippen LogP contribution in [0.25, 0.3) is 0 Å². The summed E-state index contributed by atoms with van der Waals surface area (Å²) in [5.74, 6) is -0.389. The van der Waals surface area contributed by atoms with Gasteiger partial charge in [0.25, 0.3) is 0 Å². The van der Waals surface area contributed by atoms with Crippen LogP contribution in [0.2, 0.25) is 0 Å². The Balaban J connectivity index is 2.05. The molecule has 0 saturated carbocycles. The molecule has 0 aromatic heterocycles. The van der Waals surface area contributed by atoms with Crippen molar-refractivity contribution in [3.8, 4) is 6.07 Å². The van der Waals surface area contributed by atoms with Gasteiger partial charge in [0.05, 0.1) is 17.6 Å². The highest BCUT2D eigenvalue weighted by atomic mass is 19.1. The minimum atomic E-state index is -0.384. The maximum absolute atomic E-state index is 13.7. The first kappa shape index (κ1) is 14.5. The second-order valence-corrected chi connectivity index (χ2v) is 5.16. The summed E-state index contributed by atoms with van der Waals surface area (Å²) in [7, 11) is 1.68. The van der Waals surface area contributed by atoms with Crippen molar-refractivity contribution in [1.82, 2.24) is 10.2 Å². The Hall–Kier alpha value is -1.93. The van der Waals surface area contributed by atoms with Crippen molar-refractivity contribution in [1.29, 1.82) is 5.26 Å². The van der Waals surface area contributed by atoms with Crippen LogP contribution in [0.5, 0.6) is 0 Å². The smallest absolute Gasteiger partial charge is 0.227 e. The third kappa shape index (κ3) is 3.34. The molecule has 4 nitrogen and oxygen atoms in total. The van der Waals surface area contributed by atoms with E-state index in [0.717, 1.165) is 19.4 Å². The molecule has 1 aliphatic rings. The molecule has 0 unspecified atom stereocenters. The minimum Gasteiger partial charge on any atom is -0.341 e. The van der Waals surface area contributed by atoms with Gasteiger partial charge in [0, 0.05) is 25.7 Å². The summed E-state index contributed by atoms with van der Waals surface area (Å²) < 4.78 is 13.7. The Labute approximate surface area is 118 Å². The fraction of sp³-hybridized carbons (Fsp3) is 0.467. The quantitative estimate of drug-likeness (QED) is 0.912. The fourth-order valence-electron chi connectivity index (χ4n) is 2.47. The number of carbonyl (C=O) groups excluding carboxylic acids is 1. The van der Waals surface area contributed by atoms with Crippen molar-refractivity contribution in [2.24, 2.45) is 5.92 Å². The van der Waals surface area contributed by atoms with Crippen LogP contribution in [0.1, 0.15) is 24.0 Å². The van der Waals surface area contributed by atoms with Gasteiger partial charge in [-0.1, -0.05) is 0 Å². The van der Waals surface area contributed by atoms with Crippen LogP contribution in [0.15, 0.2) is 18.2 Å². The van der Waals surface area contributed by atoms with E-state index in [0.29, 0.717) is 17.7 Å². The van der Waals surface area contributed by atoms with E-state index in [1.807, 2.05) is 6.07 Å². The van der Waals surface area contributed by atoms with E-state index in [1.165, 1.54) is 23.1 Å². The van der Waals surface area contributed by atoms with Crippen molar-refractivity contribution in [3.05, 3.63) is 35.1 Å². The second-order valence-electron chi connectivity index (χ2n) is 5.16. The number of piperidine rings is 1. The molecular formula is C15H18FN3O. The van der Waals surface area contributed by atoms with E-state index in [9.17, 15) is 9.18 Å². The highest BCUT2D eigenvalue weighted by Crippen LogP contribution is 2.16. The van der Waals surface area contributed by atoms with Crippen LogP contribution in [0, 0.1) is 23.1 Å². The molecule has 1 amide bonds. The van der Waals surface area contributed by atoms with E-state index in [2.05, 4.69) is 5.32 Å². The van der Waals surface area contributed by atoms with E-state index in [-0.39, 0.29) is 24.2 Å². The summed E-state index contributed by atoms with van der Waals surface area (Å²) in [6.07, 6.45) is 1.86. The van der Waals surface area contributed by atoms with Crippen LogP contribution in [-0.2, 0) is 11.3 Å². The molecule has 0 spiro atoms. The van der Waals surface area contributed by atoms with E-state index >= 15 is 0 Å². The van der Waals surface area contributed by atoms with Crippen molar-refractivity contribution in [2.45, 2.75) is 19.4 Å². The summed E-state index contributed by atoms with van der Waals surface area (Å²) in [5.41, 5.74) is 0.783. The third-order valence-corrected chi connectivity index (χ3v) is 3.60. The van der Waals surface area contributed by atoms with Gasteiger partial charge < -0.3 is 10.2 Å². The maximum Gasteiger partial charge on any atom is 0.227 e. The minimum absolute atomic E-state index is 0.0268. The maximum atomic E-state index is 13.7. The topological polar surface area (TPSA) is 56.1 Å². The molecule has 1 aromatic rings. The number of amides is 1. The average molecular weight is 275 g/mol. The SMILES string of the molecule is CN(Cc1cc(C#N)ccc1F)C(=O)[C@H]1CCCNC1. The zero-order chi connectivity index (χ0) is 14.5. The Morgan fingerprint density at radius 1 is 1.60 bits per heavy atom. The molecular weight excluding hydrogens is 257 g/mol. The number of carbonyl (C=O) groups is 1. The van der Waals surface area contributed by atoms with Crippen molar-refractivity contribution >= 4 is 5.91 Å². The standard InChI is InChI=1S/C15H18FN3O/c1-19(15(20)12-3-2-6-18-9-12)10-13-7-11(8-17)4-5-14(13)16/h4-5,7,12,18H,2-3,6,9-10H2,1H3/t12-/m0/s1. The lowest BCUT2D eigenvalue weighted by Gasteiger charge is -2.27. The van der Waals surface area contributed by atoms with Crippen LogP contribution in [0.3, 0.4) is 0 Å². The van der Waals surface area contributed by atoms with Gasteiger partial charge in [-0.25, -0.2) is 4.39 Å². The highest BCUT2D eigenvalue weighted by molar-refractivity contribution is 5.79. The van der Waals surface area contributed by atoms with Gasteiger partial charge in [-0.3, -0.25) is 4.79 Å². The summed E-state index contributed by atoms with van der Waals surface area (Å²) >= 11 is 0. The van der Waals surface area contributed by atoms with Gasteiger partial charge >= 0.3 is 0 Å². The van der Waals surface area contributed by atoms with Gasteiger partial charge in [-0.15, -0.1) is 0 Å². The molecule has 106 valence electrons. The van der Waals surface area contributed by atoms with E-state index in [4.69, 9.17) is 5.26 Å². The molecule has 5 heteroatoms. The molecule has 20 heavy (non-hydrogen) atoms. The van der Waals surface area contributed by atoms with Crippen LogP contribution >= 0.6 is 0 Å². The zero-order valence-corrected chi connectivity index (χ0v) is 11.5. The van der Waals surface area contributed by atoms with Crippen LogP contribution < -0.4 is 5.32 Å². The summed E-state index contributed by atoms with van der Waals surface area (Å²) in [6, 6.07) is 6.19. The monoisotopic (exact) mass is 275 g/mol. The highest BCUT2D eigenvalue weighted by Gasteiger charge is 2.24. The lowest BCUT2D eigenvalue weighted by molar-refractivity contribution is -0.135. The van der Waals surface area contributed by atoms with Gasteiger partial charge in [-0.2, -0.15) is 5.26 Å². The Kier molecular flexibility index (Phi) is 4.70. The number of nitrogens with zero attached hydrogens (tertiary/aromatic N) is 2. The second kappa shape index (κ2) is 6.49. The number of hydrogen-bond acceptors (Lipinski definition) is 3. The lowest BCUT2D eigenvalue weighted by Crippen LogP contribution is -2.41. The van der Waals surface area contributed by atoms with Gasteiger partial charge in [-0.05, 0) is 37.6 Å². The molecule has 0 bridgehead atoms. The molecule has 0 radical (unpaired) electrons. The Morgan fingerprint density at radius 2 is 2.40 bits per heavy atom. The molecule has 1 N–H and O–H groups in total. The number of hydrogen-bond donors (Lipinski definition) is 1. The van der Waals surface area contributed by atoms with E-state index < -0.39 is 0 Å². The van der Waals surface area contributed by atoms with Crippen molar-refractivity contribution in [3.63, 3.8) is 0 Å². The molecule has 1 heterocycles. The largest absolute Gasteiger partial charge is 0.341 e. The molecule has 1 aliphatic heterocycles. The first-order valence-corrected chi connectivity index (χ1v) is 6.76. The molecule has 0 aliphatic carbocycles. The van der Waals surface area contributed by atoms with Crippen LogP contribution in [0.4, 0.5) is 4.39 Å². The molecule has 2 rings (SSSR count). The fourth-order valence-corrected chi connectivity index (χ4v) is 2.47. The number of benzene rings is 1. The molecule has 1 atom stereocenters. The summed E-state index contributed by atoms with van der Waals surface area (Å²) in [6.45, 7) is 1.83. The first-order valence-electron chi connectivity index (χ1n) is 6.76. The van der Waals surface area contributed by atoms with Crippen LogP contribution in [-0.4, -0.2) is 30.9 Å². The number of rotatable bonds is 3. The van der Waals surface area contributed by atoms with Gasteiger partial charge in [0.1, 0.15) is 5.82 Å². The van der Waals surface area contributed by atoms with Gasteiger partial charge in [0.15, 0.2) is 0 Å². The molecule has 1 saturated heterocycles. The van der Waals surface area contributed by atoms with Crippen molar-refractivity contribution in [2.75, 3.05) is 20.1 Å². The lowest BCUT2D eigenvalue weighted by atomic mass is 9.98. The number of nitrogens with one attached hydrogen (secondary N) is 1. The third-order valence-electron chi connectivity index (χ3n) is 3.60. The predicted molar refractivity (Wildman–Crippen MR) is 73.2 cm³/mol. The van der Waals surface area contributed by atoms with E-state index in [1.54, 1.807) is 7.05 Å². The average Bonchev–Trinajstić information content (AvgIpc) is 2.49. The first-order chi connectivity index (χ1) is 9.61. The summed E-state index contributed by atoms with van der Waals surface area (Å²) in [5, 5.41) is 12.0. The molecule has 1 aromatic carbocycles. The zero-order valence-electron chi connectivity index (χ0n) is 11.5. The van der Waals surface area contributed by atoms with Crippen molar-refractivity contribution < 1.29 is 9.18 Å². The normalized spacial score (nSPS) is 18.4. The molecule has 1 fully saturated rings.